The Balaban J connectivity index is 1.52. The molecule has 5 heteroatoms. The highest BCUT2D eigenvalue weighted by Crippen LogP contribution is 2.31. The number of ether oxygens (including phenoxy) is 4. The molecule has 1 aliphatic rings. The van der Waals surface area contributed by atoms with E-state index in [1.54, 1.807) is 31.4 Å². The van der Waals surface area contributed by atoms with Crippen molar-refractivity contribution in [3.63, 3.8) is 0 Å². The molecule has 0 radical (unpaired) electrons. The van der Waals surface area contributed by atoms with E-state index in [0.29, 0.717) is 17.2 Å². The molecule has 126 valence electrons. The van der Waals surface area contributed by atoms with Crippen molar-refractivity contribution >= 4 is 16.7 Å². The topological polar surface area (TPSA) is 54.0 Å². The van der Waals surface area contributed by atoms with Crippen LogP contribution in [0.25, 0.3) is 10.8 Å². The van der Waals surface area contributed by atoms with E-state index in [2.05, 4.69) is 0 Å². The average molecular weight is 336 g/mol. The highest BCUT2D eigenvalue weighted by atomic mass is 16.6. The summed E-state index contributed by atoms with van der Waals surface area (Å²) in [6.07, 6.45) is -0.795. The zero-order chi connectivity index (χ0) is 17.2. The minimum atomic E-state index is -0.795. The maximum atomic E-state index is 12.4. The van der Waals surface area contributed by atoms with Gasteiger partial charge in [0.2, 0.25) is 6.10 Å². The van der Waals surface area contributed by atoms with E-state index in [1.807, 2.05) is 36.4 Å². The molecule has 0 saturated carbocycles. The first-order valence-electron chi connectivity index (χ1n) is 7.91. The summed E-state index contributed by atoms with van der Waals surface area (Å²) in [6.45, 7) is 0.122. The van der Waals surface area contributed by atoms with Crippen LogP contribution in [0.3, 0.4) is 0 Å². The summed E-state index contributed by atoms with van der Waals surface area (Å²) in [5.41, 5.74) is 0. The monoisotopic (exact) mass is 336 g/mol. The smallest absolute Gasteiger partial charge is 0.356 e. The average Bonchev–Trinajstić information content (AvgIpc) is 2.67. The molecule has 1 atom stereocenters. The number of para-hydroxylation sites is 2. The second-order valence-corrected chi connectivity index (χ2v) is 5.66. The molecule has 0 spiro atoms. The van der Waals surface area contributed by atoms with E-state index in [9.17, 15) is 4.79 Å². The molecule has 0 N–H and O–H groups in total. The molecule has 0 amide bonds. The molecule has 3 aromatic rings. The van der Waals surface area contributed by atoms with Crippen LogP contribution in [0, 0.1) is 0 Å². The summed E-state index contributed by atoms with van der Waals surface area (Å²) in [4.78, 5) is 12.4. The van der Waals surface area contributed by atoms with E-state index in [4.69, 9.17) is 18.9 Å². The van der Waals surface area contributed by atoms with Gasteiger partial charge in [0.25, 0.3) is 0 Å². The van der Waals surface area contributed by atoms with Crippen LogP contribution >= 0.6 is 0 Å². The third kappa shape index (κ3) is 3.08. The van der Waals surface area contributed by atoms with Crippen LogP contribution in [0.4, 0.5) is 0 Å². The maximum absolute atomic E-state index is 12.4. The lowest BCUT2D eigenvalue weighted by molar-refractivity contribution is -0.144. The lowest BCUT2D eigenvalue weighted by Gasteiger charge is -2.24. The van der Waals surface area contributed by atoms with Gasteiger partial charge in [0, 0.05) is 0 Å². The predicted octanol–water partition coefficient (Wildman–Crippen LogP) is 3.59. The molecule has 0 unspecified atom stereocenters. The lowest BCUT2D eigenvalue weighted by Crippen LogP contribution is -2.39. The number of carbonyl (C=O) groups excluding carboxylic acids is 1. The van der Waals surface area contributed by atoms with Crippen molar-refractivity contribution in [1.29, 1.82) is 0 Å². The normalized spacial score (nSPS) is 15.6. The summed E-state index contributed by atoms with van der Waals surface area (Å²) in [7, 11) is 1.61. The standard InChI is InChI=1S/C20H16O5/c1-22-15-8-6-13-7-9-16(11-14(13)10-15)24-20(21)19-12-23-17-4-2-3-5-18(17)25-19/h2-11,19H,12H2,1H3/t19-/m0/s1. The molecule has 0 aromatic heterocycles. The number of hydrogen-bond acceptors (Lipinski definition) is 5. The maximum Gasteiger partial charge on any atom is 0.356 e. The number of benzene rings is 3. The largest absolute Gasteiger partial charge is 0.497 e. The van der Waals surface area contributed by atoms with E-state index in [-0.39, 0.29) is 6.61 Å². The summed E-state index contributed by atoms with van der Waals surface area (Å²) in [5.74, 6) is 1.88. The fourth-order valence-corrected chi connectivity index (χ4v) is 2.71. The summed E-state index contributed by atoms with van der Waals surface area (Å²) < 4.78 is 21.9. The van der Waals surface area contributed by atoms with Crippen LogP contribution in [0.1, 0.15) is 0 Å². The molecule has 1 heterocycles. The molecule has 5 nitrogen and oxygen atoms in total. The number of fused-ring (bicyclic) bond motifs is 2. The third-order valence-electron chi connectivity index (χ3n) is 4.01. The zero-order valence-corrected chi connectivity index (χ0v) is 13.6. The Bertz CT molecular complexity index is 934. The molecule has 0 bridgehead atoms. The molecule has 1 aliphatic heterocycles. The van der Waals surface area contributed by atoms with Gasteiger partial charge in [-0.1, -0.05) is 24.3 Å². The molecular weight excluding hydrogens is 320 g/mol. The number of carbonyl (C=O) groups is 1. The van der Waals surface area contributed by atoms with Crippen LogP contribution in [0.2, 0.25) is 0 Å². The quantitative estimate of drug-likeness (QED) is 0.540. The first kappa shape index (κ1) is 15.3. The van der Waals surface area contributed by atoms with Gasteiger partial charge in [0.1, 0.15) is 18.1 Å². The van der Waals surface area contributed by atoms with Crippen LogP contribution < -0.4 is 18.9 Å². The molecule has 0 fully saturated rings. The number of esters is 1. The summed E-state index contributed by atoms with van der Waals surface area (Å²) >= 11 is 0. The van der Waals surface area contributed by atoms with E-state index in [0.717, 1.165) is 16.5 Å². The SMILES string of the molecule is COc1ccc2ccc(OC(=O)[C@@H]3COc4ccccc4O3)cc2c1. The van der Waals surface area contributed by atoms with Gasteiger partial charge in [-0.2, -0.15) is 0 Å². The van der Waals surface area contributed by atoms with Gasteiger partial charge in [-0.3, -0.25) is 0 Å². The zero-order valence-electron chi connectivity index (χ0n) is 13.6. The minimum absolute atomic E-state index is 0.122. The highest BCUT2D eigenvalue weighted by Gasteiger charge is 2.29. The van der Waals surface area contributed by atoms with Crippen LogP contribution in [0.15, 0.2) is 60.7 Å². The van der Waals surface area contributed by atoms with Crippen molar-refractivity contribution in [3.05, 3.63) is 60.7 Å². The molecule has 0 aliphatic carbocycles. The summed E-state index contributed by atoms with van der Waals surface area (Å²) in [5, 5.41) is 1.96. The van der Waals surface area contributed by atoms with Crippen molar-refractivity contribution in [2.24, 2.45) is 0 Å². The highest BCUT2D eigenvalue weighted by molar-refractivity contribution is 5.86. The van der Waals surface area contributed by atoms with Gasteiger partial charge >= 0.3 is 5.97 Å². The third-order valence-corrected chi connectivity index (χ3v) is 4.01. The Morgan fingerprint density at radius 2 is 1.68 bits per heavy atom. The van der Waals surface area contributed by atoms with E-state index >= 15 is 0 Å². The van der Waals surface area contributed by atoms with Gasteiger partial charge in [-0.05, 0) is 47.2 Å². The fraction of sp³-hybridized carbons (Fsp3) is 0.150. The molecule has 0 saturated heterocycles. The van der Waals surface area contributed by atoms with Crippen LogP contribution in [0.5, 0.6) is 23.0 Å². The first-order valence-corrected chi connectivity index (χ1v) is 7.91. The van der Waals surface area contributed by atoms with Crippen LogP contribution in [-0.2, 0) is 4.79 Å². The Morgan fingerprint density at radius 1 is 0.960 bits per heavy atom. The second kappa shape index (κ2) is 6.36. The first-order chi connectivity index (χ1) is 12.2. The Labute approximate surface area is 144 Å². The van der Waals surface area contributed by atoms with E-state index < -0.39 is 12.1 Å². The van der Waals surface area contributed by atoms with Crippen molar-refractivity contribution in [1.82, 2.24) is 0 Å². The van der Waals surface area contributed by atoms with Gasteiger partial charge in [0.05, 0.1) is 7.11 Å². The predicted molar refractivity (Wildman–Crippen MR) is 92.5 cm³/mol. The van der Waals surface area contributed by atoms with E-state index in [1.165, 1.54) is 0 Å². The van der Waals surface area contributed by atoms with Crippen molar-refractivity contribution < 1.29 is 23.7 Å². The second-order valence-electron chi connectivity index (χ2n) is 5.66. The number of rotatable bonds is 3. The van der Waals surface area contributed by atoms with Crippen molar-refractivity contribution in [2.75, 3.05) is 13.7 Å². The van der Waals surface area contributed by atoms with Crippen molar-refractivity contribution in [2.45, 2.75) is 6.10 Å². The Kier molecular flexibility index (Phi) is 3.90. The van der Waals surface area contributed by atoms with Gasteiger partial charge in [-0.15, -0.1) is 0 Å². The Morgan fingerprint density at radius 3 is 2.48 bits per heavy atom. The lowest BCUT2D eigenvalue weighted by atomic mass is 10.1. The Hall–Kier alpha value is -3.21. The van der Waals surface area contributed by atoms with Gasteiger partial charge in [0.15, 0.2) is 11.5 Å². The molecular formula is C20H16O5. The molecule has 4 rings (SSSR count). The van der Waals surface area contributed by atoms with Crippen LogP contribution in [-0.4, -0.2) is 25.8 Å². The molecule has 25 heavy (non-hydrogen) atoms. The fourth-order valence-electron chi connectivity index (χ4n) is 2.71. The van der Waals surface area contributed by atoms with Gasteiger partial charge in [-0.25, -0.2) is 4.79 Å². The van der Waals surface area contributed by atoms with Gasteiger partial charge < -0.3 is 18.9 Å². The minimum Gasteiger partial charge on any atom is -0.497 e. The number of hydrogen-bond donors (Lipinski definition) is 0. The van der Waals surface area contributed by atoms with Crippen molar-refractivity contribution in [3.8, 4) is 23.0 Å². The molecule has 3 aromatic carbocycles. The summed E-state index contributed by atoms with van der Waals surface area (Å²) in [6, 6.07) is 18.4. The number of methoxy groups -OCH3 is 1.